The van der Waals surface area contributed by atoms with E-state index in [1.54, 1.807) is 12.1 Å². The molecule has 3 heterocycles. The summed E-state index contributed by atoms with van der Waals surface area (Å²) < 4.78 is 7.25. The predicted octanol–water partition coefficient (Wildman–Crippen LogP) is 1.95. The number of hydrogen-bond acceptors (Lipinski definition) is 7. The molecule has 0 aliphatic carbocycles. The molecule has 1 unspecified atom stereocenters. The molecule has 4 rings (SSSR count). The van der Waals surface area contributed by atoms with Crippen molar-refractivity contribution in [1.29, 1.82) is 0 Å². The number of aromatic nitrogens is 4. The lowest BCUT2D eigenvalue weighted by molar-refractivity contribution is -0.384. The Morgan fingerprint density at radius 3 is 2.75 bits per heavy atom. The van der Waals surface area contributed by atoms with Crippen LogP contribution in [0.3, 0.4) is 0 Å². The lowest BCUT2D eigenvalue weighted by atomic mass is 10.1. The van der Waals surface area contributed by atoms with Gasteiger partial charge in [0.1, 0.15) is 17.8 Å². The van der Waals surface area contributed by atoms with Crippen molar-refractivity contribution < 1.29 is 9.66 Å². The summed E-state index contributed by atoms with van der Waals surface area (Å²) in [4.78, 5) is 18.8. The molecule has 2 aromatic heterocycles. The van der Waals surface area contributed by atoms with E-state index in [0.717, 1.165) is 12.0 Å². The average molecular weight is 326 g/mol. The van der Waals surface area contributed by atoms with Gasteiger partial charge < -0.3 is 10.5 Å². The summed E-state index contributed by atoms with van der Waals surface area (Å²) in [6.45, 7) is 1.25. The van der Waals surface area contributed by atoms with Gasteiger partial charge in [0.25, 0.3) is 5.69 Å². The van der Waals surface area contributed by atoms with Crippen molar-refractivity contribution in [3.63, 3.8) is 0 Å². The molecule has 1 fully saturated rings. The van der Waals surface area contributed by atoms with E-state index < -0.39 is 4.92 Å². The van der Waals surface area contributed by atoms with Gasteiger partial charge in [0, 0.05) is 24.3 Å². The number of fused-ring (bicyclic) bond motifs is 1. The molecule has 1 aliphatic rings. The number of non-ortho nitro benzene ring substituents is 1. The van der Waals surface area contributed by atoms with Gasteiger partial charge in [-0.05, 0) is 18.6 Å². The molecular formula is C15H14N6O3. The summed E-state index contributed by atoms with van der Waals surface area (Å²) >= 11 is 0. The maximum absolute atomic E-state index is 10.8. The fraction of sp³-hybridized carbons (Fsp3) is 0.267. The molecule has 3 aromatic rings. The molecule has 2 N–H and O–H groups in total. The van der Waals surface area contributed by atoms with Gasteiger partial charge in [-0.25, -0.2) is 14.6 Å². The summed E-state index contributed by atoms with van der Waals surface area (Å²) in [7, 11) is 0. The van der Waals surface area contributed by atoms with E-state index in [1.165, 1.54) is 18.5 Å². The highest BCUT2D eigenvalue weighted by Gasteiger charge is 2.25. The standard InChI is InChI=1S/C15H14N6O3/c16-14-12-13(9-1-3-10(4-2-9)21(22)23)19-20(11-5-6-24-7-11)15(12)18-8-17-14/h1-4,8,11H,5-7H2,(H2,16,17,18). The van der Waals surface area contributed by atoms with Gasteiger partial charge in [-0.15, -0.1) is 0 Å². The Morgan fingerprint density at radius 2 is 2.08 bits per heavy atom. The highest BCUT2D eigenvalue weighted by Crippen LogP contribution is 2.33. The first kappa shape index (κ1) is 14.5. The highest BCUT2D eigenvalue weighted by atomic mass is 16.6. The topological polar surface area (TPSA) is 122 Å². The van der Waals surface area contributed by atoms with Crippen molar-refractivity contribution in [2.75, 3.05) is 18.9 Å². The van der Waals surface area contributed by atoms with Gasteiger partial charge in [0.15, 0.2) is 5.65 Å². The van der Waals surface area contributed by atoms with Crippen LogP contribution in [0, 0.1) is 10.1 Å². The number of nitrogens with zero attached hydrogens (tertiary/aromatic N) is 5. The minimum Gasteiger partial charge on any atom is -0.383 e. The number of nitro benzene ring substituents is 1. The summed E-state index contributed by atoms with van der Waals surface area (Å²) in [6, 6.07) is 6.29. The maximum Gasteiger partial charge on any atom is 0.269 e. The fourth-order valence-corrected chi connectivity index (χ4v) is 2.91. The molecule has 0 amide bonds. The number of nitrogens with two attached hydrogens (primary N) is 1. The van der Waals surface area contributed by atoms with E-state index >= 15 is 0 Å². The third-order valence-electron chi connectivity index (χ3n) is 4.12. The van der Waals surface area contributed by atoms with Crippen LogP contribution in [0.25, 0.3) is 22.3 Å². The van der Waals surface area contributed by atoms with E-state index in [0.29, 0.717) is 35.8 Å². The second-order valence-electron chi connectivity index (χ2n) is 5.57. The Labute approximate surface area is 136 Å². The first-order valence-corrected chi connectivity index (χ1v) is 7.46. The van der Waals surface area contributed by atoms with Gasteiger partial charge in [-0.2, -0.15) is 5.10 Å². The van der Waals surface area contributed by atoms with Crippen LogP contribution in [0.5, 0.6) is 0 Å². The highest BCUT2D eigenvalue weighted by molar-refractivity contribution is 5.98. The minimum absolute atomic E-state index is 0.0240. The monoisotopic (exact) mass is 326 g/mol. The zero-order valence-corrected chi connectivity index (χ0v) is 12.6. The zero-order valence-electron chi connectivity index (χ0n) is 12.6. The van der Waals surface area contributed by atoms with Crippen LogP contribution in [-0.4, -0.2) is 37.9 Å². The van der Waals surface area contributed by atoms with Crippen molar-refractivity contribution >= 4 is 22.5 Å². The molecule has 0 saturated carbocycles. The number of anilines is 1. The Kier molecular flexibility index (Phi) is 3.35. The number of ether oxygens (including phenoxy) is 1. The number of benzene rings is 1. The summed E-state index contributed by atoms with van der Waals surface area (Å²) in [5, 5.41) is 16.1. The van der Waals surface area contributed by atoms with Gasteiger partial charge in [-0.1, -0.05) is 0 Å². The average Bonchev–Trinajstić information content (AvgIpc) is 3.23. The van der Waals surface area contributed by atoms with Crippen LogP contribution >= 0.6 is 0 Å². The first-order valence-electron chi connectivity index (χ1n) is 7.46. The third-order valence-corrected chi connectivity index (χ3v) is 4.12. The number of nitro groups is 1. The SMILES string of the molecule is Nc1ncnc2c1c(-c1ccc([N+](=O)[O-])cc1)nn2C1CCOC1. The Morgan fingerprint density at radius 1 is 1.29 bits per heavy atom. The van der Waals surface area contributed by atoms with Gasteiger partial charge in [0.2, 0.25) is 0 Å². The van der Waals surface area contributed by atoms with Crippen LogP contribution in [-0.2, 0) is 4.74 Å². The molecule has 0 bridgehead atoms. The Bertz CT molecular complexity index is 915. The van der Waals surface area contributed by atoms with Gasteiger partial charge in [0.05, 0.1) is 23.0 Å². The van der Waals surface area contributed by atoms with E-state index in [-0.39, 0.29) is 11.7 Å². The van der Waals surface area contributed by atoms with Crippen molar-refractivity contribution in [2.45, 2.75) is 12.5 Å². The number of nitrogen functional groups attached to an aromatic ring is 1. The fourth-order valence-electron chi connectivity index (χ4n) is 2.91. The molecule has 9 nitrogen and oxygen atoms in total. The number of rotatable bonds is 3. The zero-order chi connectivity index (χ0) is 16.7. The summed E-state index contributed by atoms with van der Waals surface area (Å²) in [5.74, 6) is 0.332. The molecule has 122 valence electrons. The summed E-state index contributed by atoms with van der Waals surface area (Å²) in [5.41, 5.74) is 8.05. The normalized spacial score (nSPS) is 17.4. The lowest BCUT2D eigenvalue weighted by Gasteiger charge is -2.08. The van der Waals surface area contributed by atoms with Crippen molar-refractivity contribution in [3.8, 4) is 11.3 Å². The van der Waals surface area contributed by atoms with Crippen molar-refractivity contribution in [1.82, 2.24) is 19.7 Å². The second-order valence-corrected chi connectivity index (χ2v) is 5.57. The van der Waals surface area contributed by atoms with Crippen LogP contribution in [0.15, 0.2) is 30.6 Å². The van der Waals surface area contributed by atoms with Crippen molar-refractivity contribution in [3.05, 3.63) is 40.7 Å². The molecule has 1 saturated heterocycles. The van der Waals surface area contributed by atoms with Crippen LogP contribution < -0.4 is 5.73 Å². The van der Waals surface area contributed by atoms with Gasteiger partial charge in [-0.3, -0.25) is 10.1 Å². The lowest BCUT2D eigenvalue weighted by Crippen LogP contribution is -2.11. The van der Waals surface area contributed by atoms with Crippen LogP contribution in [0.2, 0.25) is 0 Å². The largest absolute Gasteiger partial charge is 0.383 e. The van der Waals surface area contributed by atoms with Crippen LogP contribution in [0.1, 0.15) is 12.5 Å². The molecular weight excluding hydrogens is 312 g/mol. The molecule has 0 radical (unpaired) electrons. The maximum atomic E-state index is 10.8. The first-order chi connectivity index (χ1) is 11.6. The Hall–Kier alpha value is -3.07. The van der Waals surface area contributed by atoms with E-state index in [9.17, 15) is 10.1 Å². The van der Waals surface area contributed by atoms with Gasteiger partial charge >= 0.3 is 0 Å². The van der Waals surface area contributed by atoms with E-state index in [1.807, 2.05) is 4.68 Å². The quantitative estimate of drug-likeness (QED) is 0.576. The Balaban J connectivity index is 1.89. The smallest absolute Gasteiger partial charge is 0.269 e. The third kappa shape index (κ3) is 2.26. The molecule has 9 heteroatoms. The molecule has 1 aromatic carbocycles. The predicted molar refractivity (Wildman–Crippen MR) is 86.3 cm³/mol. The van der Waals surface area contributed by atoms with E-state index in [2.05, 4.69) is 15.1 Å². The second kappa shape index (κ2) is 5.53. The molecule has 0 spiro atoms. The summed E-state index contributed by atoms with van der Waals surface area (Å²) in [6.07, 6.45) is 2.26. The van der Waals surface area contributed by atoms with Crippen molar-refractivity contribution in [2.24, 2.45) is 0 Å². The van der Waals surface area contributed by atoms with Crippen LogP contribution in [0.4, 0.5) is 11.5 Å². The molecule has 24 heavy (non-hydrogen) atoms. The molecule has 1 aliphatic heterocycles. The molecule has 1 atom stereocenters. The van der Waals surface area contributed by atoms with E-state index in [4.69, 9.17) is 10.5 Å². The number of hydrogen-bond donors (Lipinski definition) is 1. The minimum atomic E-state index is -0.437.